The average molecular weight is 405 g/mol. The van der Waals surface area contributed by atoms with E-state index >= 15 is 0 Å². The molecule has 0 spiro atoms. The Morgan fingerprint density at radius 2 is 1.93 bits per heavy atom. The van der Waals surface area contributed by atoms with Gasteiger partial charge in [0.25, 0.3) is 0 Å². The molecule has 0 saturated carbocycles. The number of fused-ring (bicyclic) bond motifs is 1. The summed E-state index contributed by atoms with van der Waals surface area (Å²) in [4.78, 5) is 8.53. The first kappa shape index (κ1) is 18.5. The quantitative estimate of drug-likeness (QED) is 0.494. The lowest BCUT2D eigenvalue weighted by atomic mass is 10.2. The number of rotatable bonds is 4. The molecule has 150 valence electrons. The number of halogens is 3. The van der Waals surface area contributed by atoms with Crippen molar-refractivity contribution in [1.82, 2.24) is 24.8 Å². The third kappa shape index (κ3) is 3.39. The van der Waals surface area contributed by atoms with Crippen LogP contribution >= 0.6 is 0 Å². The van der Waals surface area contributed by atoms with E-state index in [1.165, 1.54) is 12.3 Å². The summed E-state index contributed by atoms with van der Waals surface area (Å²) in [5, 5.41) is 7.30. The van der Waals surface area contributed by atoms with Gasteiger partial charge in [-0.3, -0.25) is 0 Å². The van der Waals surface area contributed by atoms with E-state index in [2.05, 4.69) is 24.9 Å². The molecule has 3 aromatic heterocycles. The minimum atomic E-state index is -4.55. The molecular weight excluding hydrogens is 391 g/mol. The van der Waals surface area contributed by atoms with Crippen molar-refractivity contribution in [3.05, 3.63) is 36.0 Å². The molecule has 1 aromatic carbocycles. The number of pyridine rings is 1. The second-order valence-corrected chi connectivity index (χ2v) is 6.08. The maximum absolute atomic E-state index is 13.0. The molecule has 4 aromatic rings. The van der Waals surface area contributed by atoms with Crippen molar-refractivity contribution in [1.29, 1.82) is 0 Å². The molecule has 3 heterocycles. The number of ether oxygens (including phenoxy) is 1. The van der Waals surface area contributed by atoms with E-state index in [4.69, 9.17) is 16.2 Å². The highest BCUT2D eigenvalue weighted by molar-refractivity contribution is 5.81. The van der Waals surface area contributed by atoms with Crippen LogP contribution in [0.3, 0.4) is 0 Å². The molecule has 0 saturated heterocycles. The smallest absolute Gasteiger partial charge is 0.416 e. The highest BCUT2D eigenvalue weighted by Crippen LogP contribution is 2.35. The highest BCUT2D eigenvalue weighted by Gasteiger charge is 2.31. The summed E-state index contributed by atoms with van der Waals surface area (Å²) in [6, 6.07) is 4.52. The van der Waals surface area contributed by atoms with Gasteiger partial charge in [0.05, 0.1) is 17.3 Å². The Hall–Kier alpha value is -3.83. The number of alkyl halides is 3. The van der Waals surface area contributed by atoms with E-state index in [1.807, 2.05) is 6.92 Å². The van der Waals surface area contributed by atoms with Gasteiger partial charge in [-0.25, -0.2) is 14.6 Å². The summed E-state index contributed by atoms with van der Waals surface area (Å²) in [6.45, 7) is 2.38. The lowest BCUT2D eigenvalue weighted by Crippen LogP contribution is -2.06. The van der Waals surface area contributed by atoms with Gasteiger partial charge < -0.3 is 20.8 Å². The minimum Gasteiger partial charge on any atom is -0.439 e. The number of aryl methyl sites for hydroxylation is 1. The van der Waals surface area contributed by atoms with Crippen LogP contribution in [-0.2, 0) is 12.7 Å². The summed E-state index contributed by atoms with van der Waals surface area (Å²) in [7, 11) is 0. The van der Waals surface area contributed by atoms with Crippen LogP contribution in [0.25, 0.3) is 22.6 Å². The van der Waals surface area contributed by atoms with Gasteiger partial charge in [-0.05, 0) is 29.4 Å². The maximum Gasteiger partial charge on any atom is 0.416 e. The number of benzene rings is 1. The second kappa shape index (κ2) is 6.65. The minimum absolute atomic E-state index is 0.0728. The van der Waals surface area contributed by atoms with Crippen LogP contribution < -0.4 is 16.2 Å². The van der Waals surface area contributed by atoms with E-state index in [0.29, 0.717) is 23.4 Å². The summed E-state index contributed by atoms with van der Waals surface area (Å²) in [6.07, 6.45) is -3.12. The summed E-state index contributed by atoms with van der Waals surface area (Å²) < 4.78 is 50.9. The van der Waals surface area contributed by atoms with Crippen molar-refractivity contribution in [2.45, 2.75) is 19.6 Å². The van der Waals surface area contributed by atoms with Crippen molar-refractivity contribution in [2.24, 2.45) is 0 Å². The topological polar surface area (TPSA) is 131 Å². The van der Waals surface area contributed by atoms with Gasteiger partial charge in [0.1, 0.15) is 11.3 Å². The normalized spacial score (nSPS) is 11.9. The van der Waals surface area contributed by atoms with Crippen molar-refractivity contribution < 1.29 is 22.5 Å². The number of nitrogens with zero attached hydrogens (tertiary/aromatic N) is 5. The fourth-order valence-corrected chi connectivity index (χ4v) is 2.88. The van der Waals surface area contributed by atoms with Crippen LogP contribution in [0.1, 0.15) is 12.5 Å². The fourth-order valence-electron chi connectivity index (χ4n) is 2.88. The number of hydrogen-bond acceptors (Lipinski definition) is 8. The molecule has 0 aliphatic rings. The first-order valence-electron chi connectivity index (χ1n) is 8.36. The van der Waals surface area contributed by atoms with Gasteiger partial charge >= 0.3 is 6.18 Å². The Balaban J connectivity index is 1.75. The lowest BCUT2D eigenvalue weighted by molar-refractivity contribution is -0.137. The number of anilines is 2. The molecule has 0 amide bonds. The van der Waals surface area contributed by atoms with E-state index in [9.17, 15) is 13.2 Å². The van der Waals surface area contributed by atoms with Gasteiger partial charge in [-0.2, -0.15) is 13.2 Å². The third-order valence-corrected chi connectivity index (χ3v) is 4.13. The van der Waals surface area contributed by atoms with Crippen LogP contribution in [0.4, 0.5) is 24.7 Å². The zero-order valence-corrected chi connectivity index (χ0v) is 14.9. The molecule has 9 nitrogen and oxygen atoms in total. The lowest BCUT2D eigenvalue weighted by Gasteiger charge is -2.11. The SMILES string of the molecule is CCn1c(-c2nonc2N)nc2cnc(Oc3cc(N)cc(C(F)(F)F)c3)cc21. The third-order valence-electron chi connectivity index (χ3n) is 4.13. The highest BCUT2D eigenvalue weighted by atomic mass is 19.4. The molecule has 0 aliphatic carbocycles. The summed E-state index contributed by atoms with van der Waals surface area (Å²) in [5.41, 5.74) is 11.7. The van der Waals surface area contributed by atoms with Crippen LogP contribution in [0.2, 0.25) is 0 Å². The Kier molecular flexibility index (Phi) is 4.25. The van der Waals surface area contributed by atoms with E-state index in [0.717, 1.165) is 12.1 Å². The first-order valence-corrected chi connectivity index (χ1v) is 8.36. The average Bonchev–Trinajstić information content (AvgIpc) is 3.22. The predicted molar refractivity (Wildman–Crippen MR) is 96.8 cm³/mol. The largest absolute Gasteiger partial charge is 0.439 e. The number of nitrogen functional groups attached to an aromatic ring is 2. The van der Waals surface area contributed by atoms with Crippen molar-refractivity contribution >= 4 is 22.5 Å². The fraction of sp³-hybridized carbons (Fsp3) is 0.176. The van der Waals surface area contributed by atoms with Gasteiger partial charge in [0, 0.05) is 24.4 Å². The zero-order chi connectivity index (χ0) is 20.8. The molecule has 0 bridgehead atoms. The Morgan fingerprint density at radius 1 is 1.14 bits per heavy atom. The molecule has 0 radical (unpaired) electrons. The molecule has 0 atom stereocenters. The number of nitrogens with two attached hydrogens (primary N) is 2. The number of aromatic nitrogens is 5. The molecule has 0 aliphatic heterocycles. The molecule has 4 N–H and O–H groups in total. The van der Waals surface area contributed by atoms with Crippen LogP contribution in [0, 0.1) is 0 Å². The second-order valence-electron chi connectivity index (χ2n) is 6.08. The van der Waals surface area contributed by atoms with Crippen molar-refractivity contribution in [2.75, 3.05) is 11.5 Å². The molecule has 29 heavy (non-hydrogen) atoms. The van der Waals surface area contributed by atoms with E-state index in [1.54, 1.807) is 10.6 Å². The molecule has 0 unspecified atom stereocenters. The van der Waals surface area contributed by atoms with Gasteiger partial charge in [0.2, 0.25) is 5.88 Å². The van der Waals surface area contributed by atoms with Gasteiger partial charge in [-0.15, -0.1) is 0 Å². The van der Waals surface area contributed by atoms with Crippen molar-refractivity contribution in [3.8, 4) is 23.1 Å². The van der Waals surface area contributed by atoms with Gasteiger partial charge in [-0.1, -0.05) is 0 Å². The Labute approximate surface area is 161 Å². The molecular formula is C17H14F3N7O2. The Morgan fingerprint density at radius 3 is 2.59 bits per heavy atom. The van der Waals surface area contributed by atoms with Crippen LogP contribution in [0.5, 0.6) is 11.6 Å². The van der Waals surface area contributed by atoms with E-state index in [-0.39, 0.29) is 28.8 Å². The molecule has 0 fully saturated rings. The number of imidazole rings is 1. The standard InChI is InChI=1S/C17H14F3N7O2/c1-2-27-12-6-13(28-10-4-8(17(18,19)20)3-9(21)5-10)23-7-11(12)24-16(27)14-15(22)26-29-25-14/h3-7H,2,21H2,1H3,(H2,22,26). The summed E-state index contributed by atoms with van der Waals surface area (Å²) >= 11 is 0. The van der Waals surface area contributed by atoms with E-state index < -0.39 is 11.7 Å². The Bertz CT molecular complexity index is 1200. The van der Waals surface area contributed by atoms with Crippen LogP contribution in [-0.4, -0.2) is 24.8 Å². The number of hydrogen-bond donors (Lipinski definition) is 2. The van der Waals surface area contributed by atoms with Crippen LogP contribution in [0.15, 0.2) is 35.1 Å². The van der Waals surface area contributed by atoms with Crippen molar-refractivity contribution in [3.63, 3.8) is 0 Å². The molecule has 12 heteroatoms. The zero-order valence-electron chi connectivity index (χ0n) is 14.9. The van der Waals surface area contributed by atoms with Gasteiger partial charge in [0.15, 0.2) is 17.3 Å². The molecule has 4 rings (SSSR count). The maximum atomic E-state index is 13.0. The first-order chi connectivity index (χ1) is 13.8. The summed E-state index contributed by atoms with van der Waals surface area (Å²) in [5.74, 6) is 0.489. The monoisotopic (exact) mass is 405 g/mol. The predicted octanol–water partition coefficient (Wildman–Crippen LogP) is 3.48.